The highest BCUT2D eigenvalue weighted by molar-refractivity contribution is 5.96. The second kappa shape index (κ2) is 15.6. The Morgan fingerprint density at radius 1 is 1.09 bits per heavy atom. The van der Waals surface area contributed by atoms with Gasteiger partial charge < -0.3 is 39.4 Å². The third-order valence-electron chi connectivity index (χ3n) is 8.25. The highest BCUT2D eigenvalue weighted by atomic mass is 16.5. The van der Waals surface area contributed by atoms with Crippen molar-refractivity contribution in [2.24, 2.45) is 0 Å². The number of amides is 2. The fourth-order valence-corrected chi connectivity index (χ4v) is 6.03. The lowest BCUT2D eigenvalue weighted by atomic mass is 9.77. The topological polar surface area (TPSA) is 144 Å². The van der Waals surface area contributed by atoms with Crippen LogP contribution in [0.25, 0.3) is 0 Å². The van der Waals surface area contributed by atoms with Crippen molar-refractivity contribution >= 4 is 18.1 Å². The number of allylic oxidation sites excluding steroid dienone is 1. The summed E-state index contributed by atoms with van der Waals surface area (Å²) in [5.74, 6) is 0.469. The first-order valence-electron chi connectivity index (χ1n) is 15.1. The molecule has 0 bridgehead atoms. The minimum Gasteiger partial charge on any atom is -0.497 e. The zero-order valence-electron chi connectivity index (χ0n) is 26.0. The maximum atomic E-state index is 13.9. The first-order chi connectivity index (χ1) is 21.8. The van der Waals surface area contributed by atoms with Crippen molar-refractivity contribution in [2.75, 3.05) is 41.0 Å². The molecule has 0 saturated carbocycles. The Morgan fingerprint density at radius 2 is 1.87 bits per heavy atom. The fourth-order valence-electron chi connectivity index (χ4n) is 6.03. The van der Waals surface area contributed by atoms with Crippen molar-refractivity contribution in [2.45, 2.75) is 56.3 Å². The van der Waals surface area contributed by atoms with Gasteiger partial charge in [-0.3, -0.25) is 14.4 Å². The molecule has 0 fully saturated rings. The van der Waals surface area contributed by atoms with Gasteiger partial charge in [-0.2, -0.15) is 0 Å². The van der Waals surface area contributed by atoms with Gasteiger partial charge in [-0.1, -0.05) is 6.08 Å². The molecule has 11 nitrogen and oxygen atoms in total. The summed E-state index contributed by atoms with van der Waals surface area (Å²) in [4.78, 5) is 40.8. The second-order valence-electron chi connectivity index (χ2n) is 11.0. The zero-order chi connectivity index (χ0) is 32.5. The summed E-state index contributed by atoms with van der Waals surface area (Å²) in [6.45, 7) is 3.69. The van der Waals surface area contributed by atoms with E-state index in [1.165, 1.54) is 13.2 Å². The molecular weight excluding hydrogens is 580 g/mol. The molecular formula is C34H42N2O9. The van der Waals surface area contributed by atoms with E-state index >= 15 is 0 Å². The van der Waals surface area contributed by atoms with Gasteiger partial charge >= 0.3 is 0 Å². The van der Waals surface area contributed by atoms with Gasteiger partial charge in [0.2, 0.25) is 11.8 Å². The number of benzene rings is 2. The van der Waals surface area contributed by atoms with Crippen molar-refractivity contribution in [3.05, 3.63) is 71.3 Å². The maximum absolute atomic E-state index is 13.9. The highest BCUT2D eigenvalue weighted by Crippen LogP contribution is 2.51. The Bertz CT molecular complexity index is 1420. The van der Waals surface area contributed by atoms with Gasteiger partial charge in [-0.05, 0) is 67.7 Å². The first-order valence-corrected chi connectivity index (χ1v) is 15.1. The van der Waals surface area contributed by atoms with Crippen LogP contribution in [-0.4, -0.2) is 92.5 Å². The average Bonchev–Trinajstić information content (AvgIpc) is 3.46. The number of aliphatic hydroxyl groups is 2. The molecule has 11 heteroatoms. The van der Waals surface area contributed by atoms with E-state index in [-0.39, 0.29) is 37.6 Å². The predicted molar refractivity (Wildman–Crippen MR) is 167 cm³/mol. The number of carbonyl (C=O) groups is 3. The van der Waals surface area contributed by atoms with E-state index < -0.39 is 30.1 Å². The smallest absolute Gasteiger partial charge is 0.247 e. The highest BCUT2D eigenvalue weighted by Gasteiger charge is 2.51. The zero-order valence-corrected chi connectivity index (χ0v) is 26.0. The average molecular weight is 623 g/mol. The number of fused-ring (bicyclic) bond motifs is 3. The van der Waals surface area contributed by atoms with E-state index in [0.717, 1.165) is 18.4 Å². The lowest BCUT2D eigenvalue weighted by molar-refractivity contribution is -0.137. The molecule has 0 unspecified atom stereocenters. The number of aliphatic hydroxyl groups excluding tert-OH is 2. The molecule has 1 aliphatic carbocycles. The summed E-state index contributed by atoms with van der Waals surface area (Å²) < 4.78 is 22.7. The van der Waals surface area contributed by atoms with Crippen molar-refractivity contribution in [1.29, 1.82) is 0 Å². The number of hydrogen-bond acceptors (Lipinski definition) is 9. The molecule has 0 aromatic heterocycles. The van der Waals surface area contributed by atoms with E-state index in [0.29, 0.717) is 53.3 Å². The minimum absolute atomic E-state index is 0.00771. The molecule has 45 heavy (non-hydrogen) atoms. The van der Waals surface area contributed by atoms with E-state index in [4.69, 9.17) is 18.9 Å². The summed E-state index contributed by atoms with van der Waals surface area (Å²) in [5.41, 5.74) is 1.92. The third kappa shape index (κ3) is 7.32. The molecule has 2 amide bonds. The Morgan fingerprint density at radius 3 is 2.53 bits per heavy atom. The molecule has 1 aliphatic heterocycles. The van der Waals surface area contributed by atoms with Crippen LogP contribution in [0.1, 0.15) is 53.1 Å². The number of rotatable bonds is 16. The molecule has 4 rings (SSSR count). The lowest BCUT2D eigenvalue weighted by Crippen LogP contribution is -2.56. The van der Waals surface area contributed by atoms with Crippen LogP contribution < -0.4 is 24.3 Å². The molecule has 242 valence electrons. The summed E-state index contributed by atoms with van der Waals surface area (Å²) in [6, 6.07) is 7.65. The number of carbonyl (C=O) groups excluding carboxylic acids is 3. The van der Waals surface area contributed by atoms with Crippen LogP contribution in [0.3, 0.4) is 0 Å². The summed E-state index contributed by atoms with van der Waals surface area (Å²) >= 11 is 0. The van der Waals surface area contributed by atoms with Crippen LogP contribution in [0.5, 0.6) is 23.0 Å². The first kappa shape index (κ1) is 33.5. The van der Waals surface area contributed by atoms with Crippen LogP contribution in [0.4, 0.5) is 0 Å². The fraction of sp³-hybridized carbons (Fsp3) is 0.441. The second-order valence-corrected chi connectivity index (χ2v) is 11.0. The summed E-state index contributed by atoms with van der Waals surface area (Å²) in [6.07, 6.45) is 4.71. The molecule has 0 radical (unpaired) electrons. The van der Waals surface area contributed by atoms with Gasteiger partial charge in [0.25, 0.3) is 0 Å². The Kier molecular flexibility index (Phi) is 11.6. The quantitative estimate of drug-likeness (QED) is 0.146. The lowest BCUT2D eigenvalue weighted by Gasteiger charge is -2.41. The van der Waals surface area contributed by atoms with Gasteiger partial charge in [-0.15, -0.1) is 6.58 Å². The Labute approximate surface area is 263 Å². The number of methoxy groups -OCH3 is 3. The number of ether oxygens (including phenoxy) is 4. The van der Waals surface area contributed by atoms with Crippen LogP contribution in [0, 0.1) is 0 Å². The Hall–Kier alpha value is -4.35. The van der Waals surface area contributed by atoms with Crippen molar-refractivity contribution < 1.29 is 43.5 Å². The molecule has 2 aliphatic rings. The van der Waals surface area contributed by atoms with Crippen molar-refractivity contribution in [3.8, 4) is 23.0 Å². The number of aldehydes is 1. The molecule has 2 aromatic rings. The number of nitrogens with zero attached hydrogens (tertiary/aromatic N) is 1. The SMILES string of the molecule is C=CCCCCC(=O)N(CCc1cc(OC)ccc1OC)[C@@H]1C=C(C(=O)NCCO)[C@@H]2c3cc(C=O)cc(OC)c3O[C@@H]2[C@H]1O. The van der Waals surface area contributed by atoms with E-state index in [9.17, 15) is 24.6 Å². The summed E-state index contributed by atoms with van der Waals surface area (Å²) in [7, 11) is 4.58. The molecule has 0 spiro atoms. The molecule has 0 saturated heterocycles. The van der Waals surface area contributed by atoms with E-state index in [1.54, 1.807) is 43.4 Å². The normalized spacial score (nSPS) is 19.7. The van der Waals surface area contributed by atoms with Crippen molar-refractivity contribution in [3.63, 3.8) is 0 Å². The number of unbranched alkanes of at least 4 members (excludes halogenated alkanes) is 2. The molecule has 1 heterocycles. The van der Waals surface area contributed by atoms with Gasteiger partial charge in [0.15, 0.2) is 11.5 Å². The summed E-state index contributed by atoms with van der Waals surface area (Å²) in [5, 5.41) is 24.0. The van der Waals surface area contributed by atoms with E-state index in [2.05, 4.69) is 11.9 Å². The number of hydrogen-bond donors (Lipinski definition) is 3. The van der Waals surface area contributed by atoms with Gasteiger partial charge in [0, 0.05) is 36.2 Å². The van der Waals surface area contributed by atoms with Crippen LogP contribution >= 0.6 is 0 Å². The van der Waals surface area contributed by atoms with Crippen LogP contribution in [0.15, 0.2) is 54.6 Å². The van der Waals surface area contributed by atoms with E-state index in [1.807, 2.05) is 12.1 Å². The molecule has 3 N–H and O–H groups in total. The van der Waals surface area contributed by atoms with Gasteiger partial charge in [0.05, 0.1) is 39.9 Å². The monoisotopic (exact) mass is 622 g/mol. The van der Waals surface area contributed by atoms with Crippen molar-refractivity contribution in [1.82, 2.24) is 10.2 Å². The Balaban J connectivity index is 1.76. The molecule has 4 atom stereocenters. The van der Waals surface area contributed by atoms with Gasteiger partial charge in [0.1, 0.15) is 30.0 Å². The largest absolute Gasteiger partial charge is 0.497 e. The molecule has 2 aromatic carbocycles. The maximum Gasteiger partial charge on any atom is 0.247 e. The van der Waals surface area contributed by atoms with Crippen LogP contribution in [0.2, 0.25) is 0 Å². The third-order valence-corrected chi connectivity index (χ3v) is 8.25. The predicted octanol–water partition coefficient (Wildman–Crippen LogP) is 2.97. The van der Waals surface area contributed by atoms with Gasteiger partial charge in [-0.25, -0.2) is 0 Å². The minimum atomic E-state index is -1.23. The number of nitrogens with one attached hydrogen (secondary N) is 1. The van der Waals surface area contributed by atoms with Crippen LogP contribution in [-0.2, 0) is 16.0 Å². The standard InChI is InChI=1S/C34H42N2O9/c1-5-6-7-8-9-29(39)36(14-12-22-18-23(42-2)10-11-27(22)43-3)26-19-25(34(41)35-13-15-37)30-24-16-21(20-38)17-28(44-4)32(24)45-33(30)31(26)40/h5,10-11,16-20,26,30-31,33,37,40H,1,6-9,12-15H2,2-4H3,(H,35,41)/t26-,30+,31+,33+/m1/s1.